The van der Waals surface area contributed by atoms with Gasteiger partial charge in [0, 0.05) is 39.2 Å². The van der Waals surface area contributed by atoms with Crippen molar-refractivity contribution in [3.8, 4) is 0 Å². The Kier molecular flexibility index (Phi) is 5.47. The van der Waals surface area contributed by atoms with E-state index in [0.717, 1.165) is 15.5 Å². The highest BCUT2D eigenvalue weighted by Crippen LogP contribution is 2.40. The van der Waals surface area contributed by atoms with Crippen molar-refractivity contribution in [3.63, 3.8) is 0 Å². The van der Waals surface area contributed by atoms with Gasteiger partial charge in [-0.3, -0.25) is 15.1 Å². The van der Waals surface area contributed by atoms with Gasteiger partial charge in [0.25, 0.3) is 5.91 Å². The summed E-state index contributed by atoms with van der Waals surface area (Å²) in [6.45, 7) is 0. The summed E-state index contributed by atoms with van der Waals surface area (Å²) >= 11 is 4.13. The second-order valence-electron chi connectivity index (χ2n) is 6.48. The molecule has 1 aliphatic rings. The average molecular weight is 454 g/mol. The zero-order valence-electron chi connectivity index (χ0n) is 15.5. The van der Waals surface area contributed by atoms with Crippen LogP contribution < -0.4 is 5.32 Å². The Morgan fingerprint density at radius 1 is 1.17 bits per heavy atom. The van der Waals surface area contributed by atoms with Gasteiger partial charge in [-0.05, 0) is 48.9 Å². The van der Waals surface area contributed by atoms with Crippen LogP contribution in [0, 0.1) is 0 Å². The Morgan fingerprint density at radius 2 is 2.10 bits per heavy atom. The molecule has 2 N–H and O–H groups in total. The van der Waals surface area contributed by atoms with Crippen molar-refractivity contribution in [2.75, 3.05) is 5.32 Å². The molecular weight excluding hydrogens is 438 g/mol. The molecule has 1 amide bonds. The molecule has 0 aromatic carbocycles. The molecule has 0 bridgehead atoms. The van der Waals surface area contributed by atoms with E-state index in [1.54, 1.807) is 6.20 Å². The van der Waals surface area contributed by atoms with E-state index < -0.39 is 0 Å². The fraction of sp³-hybridized carbons (Fsp3) is 0.158. The maximum Gasteiger partial charge on any atom is 0.277 e. The summed E-state index contributed by atoms with van der Waals surface area (Å²) in [5, 5.41) is 14.1. The van der Waals surface area contributed by atoms with Gasteiger partial charge in [-0.25, -0.2) is 9.97 Å². The molecule has 0 unspecified atom stereocenters. The molecule has 1 aliphatic carbocycles. The summed E-state index contributed by atoms with van der Waals surface area (Å²) in [4.78, 5) is 30.8. The van der Waals surface area contributed by atoms with Gasteiger partial charge >= 0.3 is 0 Å². The van der Waals surface area contributed by atoms with Gasteiger partial charge in [0.1, 0.15) is 17.0 Å². The first-order valence-electron chi connectivity index (χ1n) is 9.14. The molecule has 1 fully saturated rings. The summed E-state index contributed by atoms with van der Waals surface area (Å²) in [5.74, 6) is 0.299. The van der Waals surface area contributed by atoms with Crippen molar-refractivity contribution >= 4 is 45.9 Å². The van der Waals surface area contributed by atoms with E-state index in [1.165, 1.54) is 54.0 Å². The smallest absolute Gasteiger partial charge is 0.277 e. The summed E-state index contributed by atoms with van der Waals surface area (Å²) in [6, 6.07) is 7.87. The second kappa shape index (κ2) is 8.54. The number of nitrogens with one attached hydrogen (secondary N) is 2. The molecule has 4 aromatic rings. The van der Waals surface area contributed by atoms with Crippen LogP contribution in [0.2, 0.25) is 0 Å². The predicted molar refractivity (Wildman–Crippen MR) is 115 cm³/mol. The number of thiazole rings is 1. The lowest BCUT2D eigenvalue weighted by Gasteiger charge is -2.10. The van der Waals surface area contributed by atoms with Crippen molar-refractivity contribution in [1.82, 2.24) is 30.1 Å². The van der Waals surface area contributed by atoms with Gasteiger partial charge in [0.2, 0.25) is 0 Å². The third kappa shape index (κ3) is 4.53. The number of aromatic nitrogens is 6. The highest BCUT2D eigenvalue weighted by atomic mass is 32.2. The molecular formula is C19H15N7OS3. The Labute approximate surface area is 184 Å². The number of rotatable bonds is 7. The lowest BCUT2D eigenvalue weighted by atomic mass is 10.2. The largest absolute Gasteiger partial charge is 0.322 e. The van der Waals surface area contributed by atoms with Crippen LogP contribution in [0.15, 0.2) is 68.3 Å². The number of carbonyl (C=O) groups excluding carboxylic acids is 1. The van der Waals surface area contributed by atoms with Gasteiger partial charge in [-0.2, -0.15) is 0 Å². The highest BCUT2D eigenvalue weighted by Gasteiger charge is 2.24. The lowest BCUT2D eigenvalue weighted by Crippen LogP contribution is -2.15. The quantitative estimate of drug-likeness (QED) is 0.421. The molecule has 8 nitrogen and oxygen atoms in total. The number of hydrogen-bond acceptors (Lipinski definition) is 9. The summed E-state index contributed by atoms with van der Waals surface area (Å²) in [6.07, 6.45) is 7.44. The number of nitrogens with zero attached hydrogens (tertiary/aromatic N) is 5. The van der Waals surface area contributed by atoms with E-state index in [4.69, 9.17) is 0 Å². The molecule has 1 saturated carbocycles. The summed E-state index contributed by atoms with van der Waals surface area (Å²) in [7, 11) is 0. The van der Waals surface area contributed by atoms with Crippen molar-refractivity contribution in [3.05, 3.63) is 59.8 Å². The maximum absolute atomic E-state index is 12.9. The fourth-order valence-corrected chi connectivity index (χ4v) is 4.78. The minimum absolute atomic E-state index is 0.310. The first kappa shape index (κ1) is 19.2. The van der Waals surface area contributed by atoms with E-state index in [9.17, 15) is 4.79 Å². The highest BCUT2D eigenvalue weighted by molar-refractivity contribution is 7.99. The van der Waals surface area contributed by atoms with Crippen LogP contribution >= 0.6 is 34.9 Å². The molecule has 4 heterocycles. The van der Waals surface area contributed by atoms with Crippen molar-refractivity contribution < 1.29 is 4.79 Å². The minimum atomic E-state index is -0.310. The summed E-state index contributed by atoms with van der Waals surface area (Å²) in [5.41, 5.74) is 1.46. The van der Waals surface area contributed by atoms with Crippen LogP contribution in [0.4, 0.5) is 5.13 Å². The van der Waals surface area contributed by atoms with Crippen LogP contribution in [0.1, 0.15) is 34.9 Å². The van der Waals surface area contributed by atoms with Crippen molar-refractivity contribution in [2.24, 2.45) is 0 Å². The normalized spacial score (nSPS) is 13.3. The van der Waals surface area contributed by atoms with E-state index in [0.29, 0.717) is 26.9 Å². The number of carbonyl (C=O) groups is 1. The average Bonchev–Trinajstić information content (AvgIpc) is 3.24. The van der Waals surface area contributed by atoms with E-state index in [1.807, 2.05) is 29.8 Å². The number of aromatic amines is 1. The topological polar surface area (TPSA) is 109 Å². The van der Waals surface area contributed by atoms with Gasteiger partial charge in [0.05, 0.1) is 0 Å². The SMILES string of the molecule is O=C(Nc1nccs1)c1nc(Sc2nnc[nH]2)ccc1Sc1ccc(C2CC2)nc1. The monoisotopic (exact) mass is 453 g/mol. The van der Waals surface area contributed by atoms with Gasteiger partial charge < -0.3 is 4.98 Å². The molecule has 11 heteroatoms. The Bertz CT molecular complexity index is 1140. The van der Waals surface area contributed by atoms with Gasteiger partial charge in [-0.15, -0.1) is 21.5 Å². The second-order valence-corrected chi connectivity index (χ2v) is 9.50. The maximum atomic E-state index is 12.9. The molecule has 0 atom stereocenters. The van der Waals surface area contributed by atoms with E-state index in [2.05, 4.69) is 41.5 Å². The molecule has 4 aromatic heterocycles. The standard InChI is InChI=1S/C19H15N7OS3/c27-17(25-18-20-7-8-28-18)16-14(5-6-15(24-16)30-19-22-10-23-26-19)29-12-3-4-13(21-9-12)11-1-2-11/h3-11H,1-2H2,(H,20,25,27)(H,22,23,26). The van der Waals surface area contributed by atoms with Crippen LogP contribution in [0.3, 0.4) is 0 Å². The van der Waals surface area contributed by atoms with Crippen molar-refractivity contribution in [1.29, 1.82) is 0 Å². The number of anilines is 1. The number of pyridine rings is 2. The molecule has 150 valence electrons. The first-order valence-corrected chi connectivity index (χ1v) is 11.7. The molecule has 5 rings (SSSR count). The lowest BCUT2D eigenvalue weighted by molar-refractivity contribution is 0.101. The third-order valence-electron chi connectivity index (χ3n) is 4.28. The predicted octanol–water partition coefficient (Wildman–Crippen LogP) is 4.48. The Balaban J connectivity index is 1.42. The number of hydrogen-bond donors (Lipinski definition) is 2. The van der Waals surface area contributed by atoms with Gasteiger partial charge in [-0.1, -0.05) is 11.8 Å². The van der Waals surface area contributed by atoms with E-state index >= 15 is 0 Å². The molecule has 0 spiro atoms. The van der Waals surface area contributed by atoms with Crippen LogP contribution in [0.25, 0.3) is 0 Å². The van der Waals surface area contributed by atoms with Crippen LogP contribution in [-0.4, -0.2) is 36.0 Å². The fourth-order valence-electron chi connectivity index (χ4n) is 2.71. The summed E-state index contributed by atoms with van der Waals surface area (Å²) < 4.78 is 0. The number of H-pyrrole nitrogens is 1. The third-order valence-corrected chi connectivity index (χ3v) is 6.82. The van der Waals surface area contributed by atoms with E-state index in [-0.39, 0.29) is 5.91 Å². The van der Waals surface area contributed by atoms with Crippen molar-refractivity contribution in [2.45, 2.75) is 38.7 Å². The zero-order chi connectivity index (χ0) is 20.3. The molecule has 0 aliphatic heterocycles. The van der Waals surface area contributed by atoms with Crippen LogP contribution in [-0.2, 0) is 0 Å². The minimum Gasteiger partial charge on any atom is -0.322 e. The zero-order valence-corrected chi connectivity index (χ0v) is 17.9. The number of amides is 1. The molecule has 30 heavy (non-hydrogen) atoms. The molecule has 0 radical (unpaired) electrons. The Morgan fingerprint density at radius 3 is 2.80 bits per heavy atom. The van der Waals surface area contributed by atoms with Crippen LogP contribution in [0.5, 0.6) is 0 Å². The Hall–Kier alpha value is -2.76. The van der Waals surface area contributed by atoms with Gasteiger partial charge in [0.15, 0.2) is 10.3 Å². The molecule has 0 saturated heterocycles. The first-order chi connectivity index (χ1) is 14.7.